The van der Waals surface area contributed by atoms with Crippen molar-refractivity contribution in [2.75, 3.05) is 48.7 Å². The molecule has 0 unspecified atom stereocenters. The van der Waals surface area contributed by atoms with E-state index in [1.165, 1.54) is 11.1 Å². The minimum absolute atomic E-state index is 0.530. The second-order valence-corrected chi connectivity index (χ2v) is 15.8. The summed E-state index contributed by atoms with van der Waals surface area (Å²) < 4.78 is 10.6. The Balaban J connectivity index is 0.000000181. The van der Waals surface area contributed by atoms with E-state index in [2.05, 4.69) is 92.8 Å². The van der Waals surface area contributed by atoms with Crippen LogP contribution in [0.5, 0.6) is 11.5 Å². The second-order valence-electron chi connectivity index (χ2n) is 13.9. The van der Waals surface area contributed by atoms with Crippen LogP contribution in [0.1, 0.15) is 22.5 Å². The van der Waals surface area contributed by atoms with Gasteiger partial charge < -0.3 is 29.9 Å². The molecule has 12 nitrogen and oxygen atoms in total. The summed E-state index contributed by atoms with van der Waals surface area (Å²) in [7, 11) is 7.35. The molecule has 304 valence electrons. The van der Waals surface area contributed by atoms with Gasteiger partial charge in [-0.25, -0.2) is 29.9 Å². The fraction of sp³-hybridized carbons (Fsp3) is 0.174. The highest BCUT2D eigenvalue weighted by molar-refractivity contribution is 7.19. The second kappa shape index (κ2) is 18.8. The zero-order valence-electron chi connectivity index (χ0n) is 34.8. The number of rotatable bonds is 12. The van der Waals surface area contributed by atoms with E-state index in [1.54, 1.807) is 49.3 Å². The molecule has 8 rings (SSSR count). The SMILES string of the molecule is COc1cccc(Nc2nccc(-c3sc(N(C)c4ccc(C)cc4)nc3C)n2)c1.COc1cccc(Nc2nccc(-c3sc(N(C)c4ccc(C)cc4)nc3C)n2)c1. The molecule has 0 aliphatic heterocycles. The van der Waals surface area contributed by atoms with Crippen molar-refractivity contribution >= 4 is 67.6 Å². The van der Waals surface area contributed by atoms with Crippen LogP contribution in [-0.4, -0.2) is 58.2 Å². The Morgan fingerprint density at radius 3 is 1.28 bits per heavy atom. The van der Waals surface area contributed by atoms with Gasteiger partial charge in [-0.05, 0) is 88.4 Å². The highest BCUT2D eigenvalue weighted by atomic mass is 32.1. The van der Waals surface area contributed by atoms with Crippen molar-refractivity contribution in [3.8, 4) is 32.6 Å². The summed E-state index contributed by atoms with van der Waals surface area (Å²) >= 11 is 3.24. The van der Waals surface area contributed by atoms with Gasteiger partial charge >= 0.3 is 0 Å². The molecule has 14 heteroatoms. The van der Waals surface area contributed by atoms with Crippen molar-refractivity contribution in [2.45, 2.75) is 27.7 Å². The summed E-state index contributed by atoms with van der Waals surface area (Å²) in [6.07, 6.45) is 3.51. The summed E-state index contributed by atoms with van der Waals surface area (Å²) in [6.45, 7) is 8.19. The number of nitrogens with one attached hydrogen (secondary N) is 2. The maximum absolute atomic E-state index is 5.28. The van der Waals surface area contributed by atoms with Gasteiger partial charge in [0, 0.05) is 61.4 Å². The van der Waals surface area contributed by atoms with Gasteiger partial charge in [0.05, 0.1) is 46.7 Å². The number of aryl methyl sites for hydroxylation is 4. The van der Waals surface area contributed by atoms with Crippen LogP contribution in [0.15, 0.2) is 122 Å². The molecule has 0 aliphatic rings. The molecule has 0 bridgehead atoms. The standard InChI is InChI=1S/2C23H23N5OS/c2*1-15-8-10-18(11-9-15)28(3)23-25-16(2)21(30-23)20-12-13-24-22(27-20)26-17-6-5-7-19(14-17)29-4/h2*5-14H,1-4H3,(H,24,26,27). The number of anilines is 8. The van der Waals surface area contributed by atoms with Crippen molar-refractivity contribution in [2.24, 2.45) is 0 Å². The first-order valence-corrected chi connectivity index (χ1v) is 20.7. The Hall–Kier alpha value is -6.90. The van der Waals surface area contributed by atoms with Crippen molar-refractivity contribution in [1.29, 1.82) is 0 Å². The van der Waals surface area contributed by atoms with Crippen LogP contribution in [-0.2, 0) is 0 Å². The van der Waals surface area contributed by atoms with Gasteiger partial charge in [-0.15, -0.1) is 0 Å². The molecular formula is C46H46N10O2S2. The van der Waals surface area contributed by atoms with Gasteiger partial charge in [-0.1, -0.05) is 70.2 Å². The molecule has 8 aromatic rings. The molecule has 0 saturated heterocycles. The number of nitrogens with zero attached hydrogens (tertiary/aromatic N) is 8. The van der Waals surface area contributed by atoms with Gasteiger partial charge in [0.1, 0.15) is 11.5 Å². The number of methoxy groups -OCH3 is 2. The number of thiazole rings is 2. The van der Waals surface area contributed by atoms with Crippen LogP contribution in [0.25, 0.3) is 21.1 Å². The Morgan fingerprint density at radius 2 is 0.900 bits per heavy atom. The van der Waals surface area contributed by atoms with E-state index in [4.69, 9.17) is 29.4 Å². The summed E-state index contributed by atoms with van der Waals surface area (Å²) in [4.78, 5) is 33.9. The zero-order chi connectivity index (χ0) is 42.2. The monoisotopic (exact) mass is 834 g/mol. The highest BCUT2D eigenvalue weighted by Crippen LogP contribution is 2.38. The van der Waals surface area contributed by atoms with Crippen molar-refractivity contribution in [3.05, 3.63) is 144 Å². The number of benzene rings is 4. The summed E-state index contributed by atoms with van der Waals surface area (Å²) in [5, 5.41) is 8.33. The zero-order valence-corrected chi connectivity index (χ0v) is 36.4. The van der Waals surface area contributed by atoms with Crippen LogP contribution in [0.3, 0.4) is 0 Å². The minimum atomic E-state index is 0.530. The maximum Gasteiger partial charge on any atom is 0.227 e. The van der Waals surface area contributed by atoms with E-state index in [-0.39, 0.29) is 0 Å². The van der Waals surface area contributed by atoms with Gasteiger partial charge in [0.15, 0.2) is 10.3 Å². The summed E-state index contributed by atoms with van der Waals surface area (Å²) in [5.41, 5.74) is 9.98. The van der Waals surface area contributed by atoms with Gasteiger partial charge in [-0.3, -0.25) is 0 Å². The lowest BCUT2D eigenvalue weighted by atomic mass is 10.2. The van der Waals surface area contributed by atoms with E-state index in [0.29, 0.717) is 11.9 Å². The first-order valence-electron chi connectivity index (χ1n) is 19.1. The Labute approximate surface area is 358 Å². The molecule has 4 aromatic heterocycles. The molecule has 0 fully saturated rings. The van der Waals surface area contributed by atoms with E-state index in [0.717, 1.165) is 77.0 Å². The molecular weight excluding hydrogens is 789 g/mol. The molecule has 0 aliphatic carbocycles. The Kier molecular flexibility index (Phi) is 12.9. The van der Waals surface area contributed by atoms with Crippen LogP contribution in [0, 0.1) is 27.7 Å². The molecule has 4 aromatic carbocycles. The summed E-state index contributed by atoms with van der Waals surface area (Å²) in [5.74, 6) is 2.61. The molecule has 0 saturated carbocycles. The van der Waals surface area contributed by atoms with E-state index >= 15 is 0 Å². The van der Waals surface area contributed by atoms with Crippen molar-refractivity contribution in [3.63, 3.8) is 0 Å². The van der Waals surface area contributed by atoms with Gasteiger partial charge in [-0.2, -0.15) is 0 Å². The average Bonchev–Trinajstić information content (AvgIpc) is 3.86. The van der Waals surface area contributed by atoms with Gasteiger partial charge in [0.25, 0.3) is 0 Å². The predicted molar refractivity (Wildman–Crippen MR) is 247 cm³/mol. The third kappa shape index (κ3) is 10.0. The maximum atomic E-state index is 5.28. The first-order chi connectivity index (χ1) is 29.1. The molecule has 4 heterocycles. The topological polar surface area (TPSA) is 126 Å². The molecule has 0 atom stereocenters. The molecule has 0 amide bonds. The average molecular weight is 835 g/mol. The first kappa shape index (κ1) is 41.3. The smallest absolute Gasteiger partial charge is 0.227 e. The lowest BCUT2D eigenvalue weighted by Crippen LogP contribution is -2.08. The molecule has 0 radical (unpaired) electrons. The normalized spacial score (nSPS) is 10.7. The third-order valence-electron chi connectivity index (χ3n) is 9.42. The molecule has 0 spiro atoms. The Morgan fingerprint density at radius 1 is 0.500 bits per heavy atom. The predicted octanol–water partition coefficient (Wildman–Crippen LogP) is 11.5. The van der Waals surface area contributed by atoms with Crippen molar-refractivity contribution in [1.82, 2.24) is 29.9 Å². The number of ether oxygens (including phenoxy) is 2. The summed E-state index contributed by atoms with van der Waals surface area (Å²) in [6, 6.07) is 36.0. The van der Waals surface area contributed by atoms with Crippen LogP contribution in [0.2, 0.25) is 0 Å². The third-order valence-corrected chi connectivity index (χ3v) is 11.9. The number of hydrogen-bond donors (Lipinski definition) is 2. The van der Waals surface area contributed by atoms with E-state index in [9.17, 15) is 0 Å². The van der Waals surface area contributed by atoms with Crippen LogP contribution in [0.4, 0.5) is 44.9 Å². The lowest BCUT2D eigenvalue weighted by Gasteiger charge is -2.15. The van der Waals surface area contributed by atoms with Gasteiger partial charge in [0.2, 0.25) is 11.9 Å². The van der Waals surface area contributed by atoms with Crippen molar-refractivity contribution < 1.29 is 9.47 Å². The number of hydrogen-bond acceptors (Lipinski definition) is 14. The van der Waals surface area contributed by atoms with Crippen LogP contribution >= 0.6 is 22.7 Å². The fourth-order valence-corrected chi connectivity index (χ4v) is 8.07. The minimum Gasteiger partial charge on any atom is -0.497 e. The van der Waals surface area contributed by atoms with E-state index in [1.807, 2.05) is 88.6 Å². The van der Waals surface area contributed by atoms with E-state index < -0.39 is 0 Å². The Bertz CT molecular complexity index is 2500. The molecule has 2 N–H and O–H groups in total. The molecule has 60 heavy (non-hydrogen) atoms. The fourth-order valence-electron chi connectivity index (χ4n) is 6.03. The lowest BCUT2D eigenvalue weighted by molar-refractivity contribution is 0.415. The number of aromatic nitrogens is 6. The quantitative estimate of drug-likeness (QED) is 0.122. The highest BCUT2D eigenvalue weighted by Gasteiger charge is 2.17. The van der Waals surface area contributed by atoms with Crippen LogP contribution < -0.4 is 29.9 Å². The largest absolute Gasteiger partial charge is 0.497 e.